The van der Waals surface area contributed by atoms with Crippen LogP contribution in [0.4, 0.5) is 5.69 Å². The van der Waals surface area contributed by atoms with Crippen LogP contribution < -0.4 is 10.2 Å². The topological polar surface area (TPSA) is 39.1 Å². The molecule has 0 radical (unpaired) electrons. The van der Waals surface area contributed by atoms with E-state index >= 15 is 0 Å². The summed E-state index contributed by atoms with van der Waals surface area (Å²) in [6.45, 7) is 7.46. The highest BCUT2D eigenvalue weighted by atomic mass is 15.2. The molecule has 0 aromatic heterocycles. The highest BCUT2D eigenvalue weighted by Crippen LogP contribution is 2.34. The van der Waals surface area contributed by atoms with Gasteiger partial charge < -0.3 is 10.2 Å². The fourth-order valence-electron chi connectivity index (χ4n) is 2.58. The lowest BCUT2D eigenvalue weighted by molar-refractivity contribution is 0.418. The lowest BCUT2D eigenvalue weighted by Crippen LogP contribution is -2.23. The van der Waals surface area contributed by atoms with E-state index in [-0.39, 0.29) is 0 Å². The predicted molar refractivity (Wildman–Crippen MR) is 74.5 cm³/mol. The molecule has 0 bridgehead atoms. The molecule has 1 aliphatic rings. The van der Waals surface area contributed by atoms with Crippen LogP contribution in [0.15, 0.2) is 18.2 Å². The van der Waals surface area contributed by atoms with Gasteiger partial charge in [-0.25, -0.2) is 0 Å². The van der Waals surface area contributed by atoms with Crippen LogP contribution in [-0.4, -0.2) is 20.1 Å². The summed E-state index contributed by atoms with van der Waals surface area (Å²) in [4.78, 5) is 2.34. The first-order valence-corrected chi connectivity index (χ1v) is 6.48. The maximum absolute atomic E-state index is 9.30. The van der Waals surface area contributed by atoms with Crippen molar-refractivity contribution in [2.75, 3.05) is 25.0 Å². The van der Waals surface area contributed by atoms with Gasteiger partial charge in [-0.1, -0.05) is 19.9 Å². The number of hydrogen-bond acceptors (Lipinski definition) is 3. The van der Waals surface area contributed by atoms with E-state index in [1.54, 1.807) is 0 Å². The summed E-state index contributed by atoms with van der Waals surface area (Å²) in [6, 6.07) is 8.53. The Balaban J connectivity index is 2.26. The van der Waals surface area contributed by atoms with Gasteiger partial charge in [-0.3, -0.25) is 0 Å². The molecule has 1 fully saturated rings. The Morgan fingerprint density at radius 3 is 2.78 bits per heavy atom. The van der Waals surface area contributed by atoms with Gasteiger partial charge in [0, 0.05) is 19.6 Å². The summed E-state index contributed by atoms with van der Waals surface area (Å²) in [5.74, 6) is 0. The largest absolute Gasteiger partial charge is 0.370 e. The first-order valence-electron chi connectivity index (χ1n) is 6.48. The standard InChI is InChI=1S/C15H21N3/c1-15(2)6-7-18(11-15)14-5-4-12(10-17-3)8-13(14)9-16/h4-5,8,17H,6-7,10-11H2,1-3H3. The van der Waals surface area contributed by atoms with Crippen molar-refractivity contribution >= 4 is 5.69 Å². The van der Waals surface area contributed by atoms with E-state index in [4.69, 9.17) is 0 Å². The number of hydrogen-bond donors (Lipinski definition) is 1. The molecule has 0 spiro atoms. The highest BCUT2D eigenvalue weighted by molar-refractivity contribution is 5.61. The Morgan fingerprint density at radius 1 is 1.44 bits per heavy atom. The summed E-state index contributed by atoms with van der Waals surface area (Å²) in [5, 5.41) is 12.4. The third-order valence-corrected chi connectivity index (χ3v) is 3.58. The molecule has 1 aromatic carbocycles. The van der Waals surface area contributed by atoms with Crippen molar-refractivity contribution in [3.05, 3.63) is 29.3 Å². The summed E-state index contributed by atoms with van der Waals surface area (Å²) in [5.41, 5.74) is 3.40. The van der Waals surface area contributed by atoms with Gasteiger partial charge in [-0.05, 0) is 36.6 Å². The first-order chi connectivity index (χ1) is 8.55. The first kappa shape index (κ1) is 12.9. The molecule has 0 unspecified atom stereocenters. The van der Waals surface area contributed by atoms with Crippen molar-refractivity contribution in [1.29, 1.82) is 5.26 Å². The van der Waals surface area contributed by atoms with Crippen LogP contribution in [0.1, 0.15) is 31.4 Å². The molecule has 0 atom stereocenters. The molecule has 1 saturated heterocycles. The summed E-state index contributed by atoms with van der Waals surface area (Å²) >= 11 is 0. The van der Waals surface area contributed by atoms with Gasteiger partial charge in [0.15, 0.2) is 0 Å². The smallest absolute Gasteiger partial charge is 0.101 e. The zero-order valence-corrected chi connectivity index (χ0v) is 11.5. The van der Waals surface area contributed by atoms with Crippen molar-refractivity contribution in [2.45, 2.75) is 26.8 Å². The van der Waals surface area contributed by atoms with Crippen molar-refractivity contribution in [2.24, 2.45) is 5.41 Å². The summed E-state index contributed by atoms with van der Waals surface area (Å²) in [6.07, 6.45) is 1.19. The van der Waals surface area contributed by atoms with Gasteiger partial charge in [-0.2, -0.15) is 5.26 Å². The van der Waals surface area contributed by atoms with E-state index < -0.39 is 0 Å². The molecule has 1 N–H and O–H groups in total. The molecule has 0 saturated carbocycles. The SMILES string of the molecule is CNCc1ccc(N2CCC(C)(C)C2)c(C#N)c1. The molecule has 0 aliphatic carbocycles. The molecule has 96 valence electrons. The third-order valence-electron chi connectivity index (χ3n) is 3.58. The van der Waals surface area contributed by atoms with Gasteiger partial charge >= 0.3 is 0 Å². The number of nitrogens with zero attached hydrogens (tertiary/aromatic N) is 2. The fraction of sp³-hybridized carbons (Fsp3) is 0.533. The average molecular weight is 243 g/mol. The maximum atomic E-state index is 9.30. The van der Waals surface area contributed by atoms with Gasteiger partial charge in [0.1, 0.15) is 6.07 Å². The van der Waals surface area contributed by atoms with E-state index in [1.807, 2.05) is 13.1 Å². The van der Waals surface area contributed by atoms with Crippen LogP contribution in [0.5, 0.6) is 0 Å². The lowest BCUT2D eigenvalue weighted by atomic mass is 9.93. The van der Waals surface area contributed by atoms with Crippen LogP contribution >= 0.6 is 0 Å². The molecule has 2 rings (SSSR count). The lowest BCUT2D eigenvalue weighted by Gasteiger charge is -2.23. The fourth-order valence-corrected chi connectivity index (χ4v) is 2.58. The highest BCUT2D eigenvalue weighted by Gasteiger charge is 2.30. The number of rotatable bonds is 3. The third kappa shape index (κ3) is 2.65. The zero-order valence-electron chi connectivity index (χ0n) is 11.5. The monoisotopic (exact) mass is 243 g/mol. The Labute approximate surface area is 109 Å². The molecular formula is C15H21N3. The second-order valence-electron chi connectivity index (χ2n) is 5.83. The van der Waals surface area contributed by atoms with Gasteiger partial charge in [0.25, 0.3) is 0 Å². The summed E-state index contributed by atoms with van der Waals surface area (Å²) in [7, 11) is 1.92. The van der Waals surface area contributed by atoms with Crippen molar-refractivity contribution < 1.29 is 0 Å². The number of anilines is 1. The molecule has 1 aliphatic heterocycles. The maximum Gasteiger partial charge on any atom is 0.101 e. The molecule has 3 nitrogen and oxygen atoms in total. The van der Waals surface area contributed by atoms with Crippen molar-refractivity contribution in [1.82, 2.24) is 5.32 Å². The van der Waals surface area contributed by atoms with Crippen LogP contribution in [-0.2, 0) is 6.54 Å². The average Bonchev–Trinajstić information content (AvgIpc) is 2.70. The summed E-state index contributed by atoms with van der Waals surface area (Å²) < 4.78 is 0. The minimum atomic E-state index is 0.358. The number of nitriles is 1. The number of benzene rings is 1. The Morgan fingerprint density at radius 2 is 2.22 bits per heavy atom. The quantitative estimate of drug-likeness (QED) is 0.886. The molecule has 1 heterocycles. The second-order valence-corrected chi connectivity index (χ2v) is 5.83. The normalized spacial score (nSPS) is 17.8. The minimum absolute atomic E-state index is 0.358. The molecule has 18 heavy (non-hydrogen) atoms. The van der Waals surface area contributed by atoms with Crippen LogP contribution in [0.25, 0.3) is 0 Å². The number of nitrogens with one attached hydrogen (secondary N) is 1. The van der Waals surface area contributed by atoms with Crippen LogP contribution in [0.3, 0.4) is 0 Å². The Kier molecular flexibility index (Phi) is 3.58. The zero-order chi connectivity index (χ0) is 13.2. The van der Waals surface area contributed by atoms with E-state index in [0.717, 1.165) is 36.4 Å². The molecular weight excluding hydrogens is 222 g/mol. The van der Waals surface area contributed by atoms with Crippen LogP contribution in [0, 0.1) is 16.7 Å². The van der Waals surface area contributed by atoms with Crippen LogP contribution in [0.2, 0.25) is 0 Å². The van der Waals surface area contributed by atoms with Gasteiger partial charge in [0.2, 0.25) is 0 Å². The van der Waals surface area contributed by atoms with Gasteiger partial charge in [0.05, 0.1) is 11.3 Å². The molecule has 1 aromatic rings. The second kappa shape index (κ2) is 4.99. The van der Waals surface area contributed by atoms with E-state index in [9.17, 15) is 5.26 Å². The van der Waals surface area contributed by atoms with Crippen molar-refractivity contribution in [3.63, 3.8) is 0 Å². The minimum Gasteiger partial charge on any atom is -0.370 e. The van der Waals surface area contributed by atoms with Gasteiger partial charge in [-0.15, -0.1) is 0 Å². The van der Waals surface area contributed by atoms with E-state index in [0.29, 0.717) is 5.41 Å². The van der Waals surface area contributed by atoms with E-state index in [2.05, 4.69) is 42.3 Å². The Hall–Kier alpha value is -1.53. The Bertz CT molecular complexity index is 471. The predicted octanol–water partition coefficient (Wildman–Crippen LogP) is 2.51. The molecule has 3 heteroatoms. The van der Waals surface area contributed by atoms with E-state index in [1.165, 1.54) is 6.42 Å². The van der Waals surface area contributed by atoms with Crippen molar-refractivity contribution in [3.8, 4) is 6.07 Å². The molecule has 0 amide bonds.